The Hall–Kier alpha value is -1.72. The van der Waals surface area contributed by atoms with Gasteiger partial charge in [0, 0.05) is 6.54 Å². The highest BCUT2D eigenvalue weighted by molar-refractivity contribution is 5.23. The zero-order valence-electron chi connectivity index (χ0n) is 15.5. The lowest BCUT2D eigenvalue weighted by atomic mass is 9.97. The predicted octanol–water partition coefficient (Wildman–Crippen LogP) is 3.81. The van der Waals surface area contributed by atoms with Crippen LogP contribution in [-0.4, -0.2) is 32.3 Å². The zero-order chi connectivity index (χ0) is 17.9. The van der Waals surface area contributed by atoms with Gasteiger partial charge in [0.25, 0.3) is 0 Å². The number of benzene rings is 1. The minimum atomic E-state index is -0.609. The molecule has 1 aliphatic heterocycles. The summed E-state index contributed by atoms with van der Waals surface area (Å²) < 4.78 is 5.43. The summed E-state index contributed by atoms with van der Waals surface area (Å²) in [4.78, 5) is 6.89. The number of piperidine rings is 1. The highest BCUT2D eigenvalue weighted by atomic mass is 16.5. The van der Waals surface area contributed by atoms with Gasteiger partial charge in [0.2, 0.25) is 5.89 Å². The Kier molecular flexibility index (Phi) is 5.54. The van der Waals surface area contributed by atoms with Gasteiger partial charge in [-0.05, 0) is 64.1 Å². The van der Waals surface area contributed by atoms with Crippen LogP contribution in [0.25, 0.3) is 0 Å². The van der Waals surface area contributed by atoms with Gasteiger partial charge >= 0.3 is 0 Å². The molecule has 1 unspecified atom stereocenters. The molecule has 136 valence electrons. The van der Waals surface area contributed by atoms with Crippen LogP contribution in [0.2, 0.25) is 0 Å². The normalized spacial score (nSPS) is 19.3. The van der Waals surface area contributed by atoms with E-state index in [1.807, 2.05) is 20.8 Å². The van der Waals surface area contributed by atoms with Gasteiger partial charge in [0.15, 0.2) is 5.82 Å². The number of aliphatic hydroxyl groups is 1. The quantitative estimate of drug-likeness (QED) is 0.864. The number of hydrogen-bond acceptors (Lipinski definition) is 5. The molecule has 1 saturated heterocycles. The summed E-state index contributed by atoms with van der Waals surface area (Å²) in [6.07, 6.45) is 5.17. The van der Waals surface area contributed by atoms with Crippen LogP contribution in [0.3, 0.4) is 0 Å². The van der Waals surface area contributed by atoms with Gasteiger partial charge < -0.3 is 9.63 Å². The van der Waals surface area contributed by atoms with Crippen molar-refractivity contribution in [3.05, 3.63) is 47.1 Å². The van der Waals surface area contributed by atoms with Crippen molar-refractivity contribution in [3.63, 3.8) is 0 Å². The Morgan fingerprint density at radius 2 is 1.92 bits per heavy atom. The Bertz CT molecular complexity index is 673. The van der Waals surface area contributed by atoms with E-state index in [2.05, 4.69) is 39.3 Å². The van der Waals surface area contributed by atoms with Gasteiger partial charge in [0.05, 0.1) is 11.6 Å². The molecule has 0 bridgehead atoms. The second kappa shape index (κ2) is 7.67. The molecule has 1 atom stereocenters. The number of nitrogens with zero attached hydrogens (tertiary/aromatic N) is 3. The number of rotatable bonds is 6. The number of aromatic nitrogens is 2. The molecule has 0 amide bonds. The Morgan fingerprint density at radius 3 is 2.56 bits per heavy atom. The lowest BCUT2D eigenvalue weighted by molar-refractivity contribution is 0.0714. The first-order valence-electron chi connectivity index (χ1n) is 9.25. The lowest BCUT2D eigenvalue weighted by Gasteiger charge is -2.33. The number of hydrogen-bond donors (Lipinski definition) is 1. The van der Waals surface area contributed by atoms with E-state index >= 15 is 0 Å². The minimum absolute atomic E-state index is 0.227. The first-order chi connectivity index (χ1) is 11.9. The third-order valence-corrected chi connectivity index (χ3v) is 4.88. The van der Waals surface area contributed by atoms with Crippen molar-refractivity contribution in [1.82, 2.24) is 15.0 Å². The molecule has 1 aliphatic rings. The van der Waals surface area contributed by atoms with Crippen LogP contribution < -0.4 is 0 Å². The Labute approximate surface area is 150 Å². The summed E-state index contributed by atoms with van der Waals surface area (Å²) >= 11 is 0. The molecule has 3 rings (SSSR count). The fraction of sp³-hybridized carbons (Fsp3) is 0.600. The second-order valence-electron chi connectivity index (χ2n) is 7.79. The van der Waals surface area contributed by atoms with Crippen LogP contribution in [0.15, 0.2) is 28.8 Å². The van der Waals surface area contributed by atoms with Crippen molar-refractivity contribution in [2.24, 2.45) is 0 Å². The molecule has 0 aliphatic carbocycles. The van der Waals surface area contributed by atoms with E-state index in [4.69, 9.17) is 4.52 Å². The summed E-state index contributed by atoms with van der Waals surface area (Å²) in [5, 5.41) is 13.8. The van der Waals surface area contributed by atoms with Crippen molar-refractivity contribution in [1.29, 1.82) is 0 Å². The first-order valence-corrected chi connectivity index (χ1v) is 9.25. The van der Waals surface area contributed by atoms with E-state index in [1.165, 1.54) is 24.0 Å². The molecule has 1 aromatic heterocycles. The zero-order valence-corrected chi connectivity index (χ0v) is 15.5. The summed E-state index contributed by atoms with van der Waals surface area (Å²) in [5.74, 6) is 1.45. The summed E-state index contributed by atoms with van der Waals surface area (Å²) in [6, 6.07) is 8.98. The van der Waals surface area contributed by atoms with E-state index in [-0.39, 0.29) is 6.04 Å². The smallest absolute Gasteiger partial charge is 0.243 e. The average molecular weight is 343 g/mol. The van der Waals surface area contributed by atoms with Gasteiger partial charge in [0.1, 0.15) is 0 Å². The molecule has 1 aromatic carbocycles. The summed E-state index contributed by atoms with van der Waals surface area (Å²) in [5.41, 5.74) is 1.96. The molecule has 2 aromatic rings. The molecule has 0 spiro atoms. The predicted molar refractivity (Wildman–Crippen MR) is 97.1 cm³/mol. The van der Waals surface area contributed by atoms with Gasteiger partial charge in [-0.25, -0.2) is 0 Å². The van der Waals surface area contributed by atoms with E-state index in [0.29, 0.717) is 5.82 Å². The van der Waals surface area contributed by atoms with Crippen molar-refractivity contribution in [2.75, 3.05) is 6.54 Å². The Balaban J connectivity index is 1.63. The lowest BCUT2D eigenvalue weighted by Crippen LogP contribution is -2.33. The van der Waals surface area contributed by atoms with Crippen molar-refractivity contribution >= 4 is 0 Å². The molecule has 1 N–H and O–H groups in total. The maximum Gasteiger partial charge on any atom is 0.243 e. The van der Waals surface area contributed by atoms with E-state index in [0.717, 1.165) is 38.2 Å². The standard InChI is InChI=1S/C20H29N3O2/c1-15-21-19(25-22-15)18-6-4-5-13-23(18)14-17-9-7-16(8-10-17)11-12-20(2,3)24/h7-10,18,24H,4-6,11-14H2,1-3H3. The van der Waals surface area contributed by atoms with Gasteiger partial charge in [-0.1, -0.05) is 35.8 Å². The maximum absolute atomic E-state index is 9.86. The number of likely N-dealkylation sites (tertiary alicyclic amines) is 1. The monoisotopic (exact) mass is 343 g/mol. The van der Waals surface area contributed by atoms with Crippen LogP contribution in [0.1, 0.15) is 68.4 Å². The molecular formula is C20H29N3O2. The van der Waals surface area contributed by atoms with Crippen LogP contribution in [0, 0.1) is 6.92 Å². The van der Waals surface area contributed by atoms with Gasteiger partial charge in [-0.15, -0.1) is 0 Å². The molecule has 0 saturated carbocycles. The molecule has 25 heavy (non-hydrogen) atoms. The van der Waals surface area contributed by atoms with Crippen LogP contribution in [0.5, 0.6) is 0 Å². The van der Waals surface area contributed by atoms with Crippen molar-refractivity contribution in [3.8, 4) is 0 Å². The van der Waals surface area contributed by atoms with Crippen molar-refractivity contribution < 1.29 is 9.63 Å². The van der Waals surface area contributed by atoms with Crippen LogP contribution >= 0.6 is 0 Å². The SMILES string of the molecule is Cc1noc(C2CCCCN2Cc2ccc(CCC(C)(C)O)cc2)n1. The molecule has 0 radical (unpaired) electrons. The second-order valence-corrected chi connectivity index (χ2v) is 7.79. The maximum atomic E-state index is 9.86. The Morgan fingerprint density at radius 1 is 1.20 bits per heavy atom. The highest BCUT2D eigenvalue weighted by Gasteiger charge is 2.28. The van der Waals surface area contributed by atoms with Crippen LogP contribution in [0.4, 0.5) is 0 Å². The molecule has 1 fully saturated rings. The highest BCUT2D eigenvalue weighted by Crippen LogP contribution is 2.31. The van der Waals surface area contributed by atoms with E-state index in [1.54, 1.807) is 0 Å². The number of aryl methyl sites for hydroxylation is 2. The molecule has 5 heteroatoms. The summed E-state index contributed by atoms with van der Waals surface area (Å²) in [7, 11) is 0. The van der Waals surface area contributed by atoms with E-state index in [9.17, 15) is 5.11 Å². The fourth-order valence-corrected chi connectivity index (χ4v) is 3.40. The minimum Gasteiger partial charge on any atom is -0.390 e. The summed E-state index contributed by atoms with van der Waals surface area (Å²) in [6.45, 7) is 7.55. The molecular weight excluding hydrogens is 314 g/mol. The van der Waals surface area contributed by atoms with Gasteiger partial charge in [-0.3, -0.25) is 4.90 Å². The van der Waals surface area contributed by atoms with Crippen molar-refractivity contribution in [2.45, 2.75) is 71.1 Å². The molecule has 2 heterocycles. The fourth-order valence-electron chi connectivity index (χ4n) is 3.40. The average Bonchev–Trinajstić information content (AvgIpc) is 3.00. The third-order valence-electron chi connectivity index (χ3n) is 4.88. The van der Waals surface area contributed by atoms with Gasteiger partial charge in [-0.2, -0.15) is 4.98 Å². The van der Waals surface area contributed by atoms with Crippen LogP contribution in [-0.2, 0) is 13.0 Å². The molecule has 5 nitrogen and oxygen atoms in total. The van der Waals surface area contributed by atoms with E-state index < -0.39 is 5.60 Å². The third kappa shape index (κ3) is 5.13. The topological polar surface area (TPSA) is 62.4 Å². The largest absolute Gasteiger partial charge is 0.390 e. The first kappa shape index (κ1) is 18.1.